The highest BCUT2D eigenvalue weighted by Crippen LogP contribution is 2.14. The lowest BCUT2D eigenvalue weighted by Gasteiger charge is -2.06. The Balaban J connectivity index is 2.81. The summed E-state index contributed by atoms with van der Waals surface area (Å²) in [6, 6.07) is 3.67. The standard InChI is InChI=1S/C14H18N2O/c1-10(2)11(3)12(4)16-13(5)17-14-7-6-8-15-9-14/h6-9H,1H2,2-5H3/b12-11+,16-13?. The molecular weight excluding hydrogens is 212 g/mol. The third kappa shape index (κ3) is 4.23. The minimum absolute atomic E-state index is 0.594. The average Bonchev–Trinajstić information content (AvgIpc) is 2.28. The van der Waals surface area contributed by atoms with Crippen LogP contribution >= 0.6 is 0 Å². The summed E-state index contributed by atoms with van der Waals surface area (Å²) in [4.78, 5) is 8.35. The Kier molecular flexibility index (Phi) is 4.64. The molecule has 90 valence electrons. The summed E-state index contributed by atoms with van der Waals surface area (Å²) in [6.07, 6.45) is 3.36. The van der Waals surface area contributed by atoms with Crippen LogP contribution in [-0.2, 0) is 0 Å². The second-order valence-corrected chi connectivity index (χ2v) is 3.91. The Morgan fingerprint density at radius 1 is 1.29 bits per heavy atom. The minimum atomic E-state index is 0.594. The Morgan fingerprint density at radius 2 is 2.00 bits per heavy atom. The molecule has 17 heavy (non-hydrogen) atoms. The van der Waals surface area contributed by atoms with Gasteiger partial charge >= 0.3 is 0 Å². The first-order chi connectivity index (χ1) is 8.00. The molecule has 0 amide bonds. The van der Waals surface area contributed by atoms with Crippen molar-refractivity contribution in [2.24, 2.45) is 4.99 Å². The first-order valence-corrected chi connectivity index (χ1v) is 5.47. The van der Waals surface area contributed by atoms with E-state index in [-0.39, 0.29) is 0 Å². The number of allylic oxidation sites excluding steroid dienone is 3. The lowest BCUT2D eigenvalue weighted by atomic mass is 10.1. The van der Waals surface area contributed by atoms with Crippen LogP contribution in [-0.4, -0.2) is 10.9 Å². The van der Waals surface area contributed by atoms with E-state index in [0.29, 0.717) is 11.6 Å². The fourth-order valence-corrected chi connectivity index (χ4v) is 1.23. The zero-order chi connectivity index (χ0) is 12.8. The molecule has 0 atom stereocenters. The van der Waals surface area contributed by atoms with Gasteiger partial charge in [0, 0.05) is 18.8 Å². The van der Waals surface area contributed by atoms with E-state index in [4.69, 9.17) is 4.74 Å². The summed E-state index contributed by atoms with van der Waals surface area (Å²) in [6.45, 7) is 11.6. The molecule has 0 aromatic carbocycles. The molecule has 0 N–H and O–H groups in total. The predicted molar refractivity (Wildman–Crippen MR) is 71.2 cm³/mol. The Hall–Kier alpha value is -1.90. The van der Waals surface area contributed by atoms with E-state index in [1.807, 2.05) is 39.8 Å². The van der Waals surface area contributed by atoms with Gasteiger partial charge < -0.3 is 4.74 Å². The van der Waals surface area contributed by atoms with Crippen molar-refractivity contribution in [1.82, 2.24) is 4.98 Å². The van der Waals surface area contributed by atoms with Gasteiger partial charge in [-0.1, -0.05) is 12.2 Å². The molecule has 0 spiro atoms. The number of hydrogen-bond donors (Lipinski definition) is 0. The molecule has 0 aliphatic heterocycles. The molecule has 0 fully saturated rings. The largest absolute Gasteiger partial charge is 0.442 e. The third-order valence-corrected chi connectivity index (χ3v) is 2.41. The van der Waals surface area contributed by atoms with E-state index in [1.165, 1.54) is 0 Å². The van der Waals surface area contributed by atoms with Gasteiger partial charge in [-0.05, 0) is 38.5 Å². The van der Waals surface area contributed by atoms with E-state index in [9.17, 15) is 0 Å². The number of aliphatic imine (C=N–C) groups is 1. The lowest BCUT2D eigenvalue weighted by Crippen LogP contribution is -2.03. The molecule has 0 saturated carbocycles. The molecule has 1 heterocycles. The maximum absolute atomic E-state index is 5.54. The molecule has 3 nitrogen and oxygen atoms in total. The average molecular weight is 230 g/mol. The van der Waals surface area contributed by atoms with Crippen LogP contribution < -0.4 is 4.74 Å². The summed E-state index contributed by atoms with van der Waals surface area (Å²) in [5, 5.41) is 0. The van der Waals surface area contributed by atoms with Crippen LogP contribution in [0.1, 0.15) is 27.7 Å². The number of aromatic nitrogens is 1. The maximum Gasteiger partial charge on any atom is 0.191 e. The highest BCUT2D eigenvalue weighted by molar-refractivity contribution is 5.77. The van der Waals surface area contributed by atoms with Crippen LogP contribution in [0.5, 0.6) is 5.75 Å². The summed E-state index contributed by atoms with van der Waals surface area (Å²) < 4.78 is 5.54. The number of nitrogens with zero attached hydrogens (tertiary/aromatic N) is 2. The van der Waals surface area contributed by atoms with Gasteiger partial charge in [0.2, 0.25) is 0 Å². The number of rotatable bonds is 3. The molecule has 0 radical (unpaired) electrons. The van der Waals surface area contributed by atoms with E-state index in [2.05, 4.69) is 16.6 Å². The SMILES string of the molecule is C=C(C)/C(C)=C(\C)N=C(C)Oc1cccnc1. The van der Waals surface area contributed by atoms with Crippen molar-refractivity contribution in [3.8, 4) is 5.75 Å². The third-order valence-electron chi connectivity index (χ3n) is 2.41. The smallest absolute Gasteiger partial charge is 0.191 e. The summed E-state index contributed by atoms with van der Waals surface area (Å²) in [5.41, 5.74) is 3.01. The van der Waals surface area contributed by atoms with Crippen molar-refractivity contribution in [2.45, 2.75) is 27.7 Å². The summed E-state index contributed by atoms with van der Waals surface area (Å²) in [5.74, 6) is 1.28. The topological polar surface area (TPSA) is 34.5 Å². The fraction of sp³-hybridized carbons (Fsp3) is 0.286. The normalized spacial score (nSPS) is 13.1. The van der Waals surface area contributed by atoms with Crippen LogP contribution in [0.4, 0.5) is 0 Å². The molecule has 0 bridgehead atoms. The molecule has 3 heteroatoms. The van der Waals surface area contributed by atoms with Gasteiger partial charge in [0.1, 0.15) is 5.75 Å². The first kappa shape index (κ1) is 13.2. The predicted octanol–water partition coefficient (Wildman–Crippen LogP) is 3.75. The van der Waals surface area contributed by atoms with E-state index in [0.717, 1.165) is 16.8 Å². The zero-order valence-corrected chi connectivity index (χ0v) is 10.8. The second kappa shape index (κ2) is 5.99. The van der Waals surface area contributed by atoms with Gasteiger partial charge in [-0.25, -0.2) is 4.99 Å². The van der Waals surface area contributed by atoms with Crippen LogP contribution in [0, 0.1) is 0 Å². The Bertz CT molecular complexity index is 458. The van der Waals surface area contributed by atoms with E-state index < -0.39 is 0 Å². The molecule has 0 saturated heterocycles. The van der Waals surface area contributed by atoms with E-state index in [1.54, 1.807) is 12.4 Å². The molecule has 0 aliphatic carbocycles. The van der Waals surface area contributed by atoms with Crippen LogP contribution in [0.3, 0.4) is 0 Å². The van der Waals surface area contributed by atoms with Gasteiger partial charge in [-0.15, -0.1) is 0 Å². The van der Waals surface area contributed by atoms with Crippen molar-refractivity contribution in [2.75, 3.05) is 0 Å². The number of hydrogen-bond acceptors (Lipinski definition) is 3. The Morgan fingerprint density at radius 3 is 2.53 bits per heavy atom. The molecule has 1 rings (SSSR count). The van der Waals surface area contributed by atoms with Crippen molar-refractivity contribution in [3.05, 3.63) is 47.9 Å². The number of pyridine rings is 1. The van der Waals surface area contributed by atoms with Crippen molar-refractivity contribution < 1.29 is 4.74 Å². The van der Waals surface area contributed by atoms with Crippen molar-refractivity contribution in [3.63, 3.8) is 0 Å². The molecule has 1 aromatic heterocycles. The van der Waals surface area contributed by atoms with Gasteiger partial charge in [-0.3, -0.25) is 4.98 Å². The van der Waals surface area contributed by atoms with Crippen LogP contribution in [0.2, 0.25) is 0 Å². The second-order valence-electron chi connectivity index (χ2n) is 3.91. The highest BCUT2D eigenvalue weighted by atomic mass is 16.5. The van der Waals surface area contributed by atoms with Crippen LogP contribution in [0.25, 0.3) is 0 Å². The summed E-state index contributed by atoms with van der Waals surface area (Å²) >= 11 is 0. The molecular formula is C14H18N2O. The van der Waals surface area contributed by atoms with Gasteiger partial charge in [0.05, 0.1) is 6.20 Å². The maximum atomic E-state index is 5.54. The monoisotopic (exact) mass is 230 g/mol. The molecule has 1 aromatic rings. The fourth-order valence-electron chi connectivity index (χ4n) is 1.23. The summed E-state index contributed by atoms with van der Waals surface area (Å²) in [7, 11) is 0. The van der Waals surface area contributed by atoms with Crippen molar-refractivity contribution in [1.29, 1.82) is 0 Å². The van der Waals surface area contributed by atoms with E-state index >= 15 is 0 Å². The Labute approximate surface area is 103 Å². The van der Waals surface area contributed by atoms with Crippen LogP contribution in [0.15, 0.2) is 52.9 Å². The highest BCUT2D eigenvalue weighted by Gasteiger charge is 1.99. The first-order valence-electron chi connectivity index (χ1n) is 5.47. The minimum Gasteiger partial charge on any atom is -0.442 e. The van der Waals surface area contributed by atoms with Gasteiger partial charge in [-0.2, -0.15) is 0 Å². The molecule has 0 aliphatic rings. The lowest BCUT2D eigenvalue weighted by molar-refractivity contribution is 0.542. The molecule has 0 unspecified atom stereocenters. The van der Waals surface area contributed by atoms with Gasteiger partial charge in [0.25, 0.3) is 0 Å². The van der Waals surface area contributed by atoms with Gasteiger partial charge in [0.15, 0.2) is 5.90 Å². The zero-order valence-electron chi connectivity index (χ0n) is 10.8. The van der Waals surface area contributed by atoms with Crippen molar-refractivity contribution >= 4 is 5.90 Å². The number of ether oxygens (including phenoxy) is 1. The quantitative estimate of drug-likeness (QED) is 0.450.